The van der Waals surface area contributed by atoms with Crippen molar-refractivity contribution in [1.29, 1.82) is 0 Å². The Kier molecular flexibility index (Phi) is 3.92. The van der Waals surface area contributed by atoms with E-state index in [9.17, 15) is 5.11 Å². The van der Waals surface area contributed by atoms with Crippen molar-refractivity contribution in [3.05, 3.63) is 20.8 Å². The molecular formula is C7H9BrOS2. The molecule has 0 radical (unpaired) electrons. The van der Waals surface area contributed by atoms with Crippen molar-refractivity contribution in [3.63, 3.8) is 0 Å². The minimum atomic E-state index is -0.344. The maximum absolute atomic E-state index is 9.47. The van der Waals surface area contributed by atoms with E-state index < -0.39 is 0 Å². The number of aliphatic hydroxyl groups is 1. The zero-order chi connectivity index (χ0) is 8.27. The first-order valence-electron chi connectivity index (χ1n) is 3.28. The van der Waals surface area contributed by atoms with Crippen molar-refractivity contribution < 1.29 is 5.11 Å². The van der Waals surface area contributed by atoms with Gasteiger partial charge in [-0.2, -0.15) is 12.6 Å². The molecule has 1 rings (SSSR count). The highest BCUT2D eigenvalue weighted by Crippen LogP contribution is 2.28. The number of rotatable bonds is 3. The van der Waals surface area contributed by atoms with Crippen LogP contribution < -0.4 is 0 Å². The van der Waals surface area contributed by atoms with Gasteiger partial charge in [-0.05, 0) is 40.2 Å². The van der Waals surface area contributed by atoms with Crippen molar-refractivity contribution in [2.75, 3.05) is 5.75 Å². The van der Waals surface area contributed by atoms with Crippen molar-refractivity contribution in [3.8, 4) is 0 Å². The van der Waals surface area contributed by atoms with Gasteiger partial charge in [0, 0.05) is 4.88 Å². The first-order valence-corrected chi connectivity index (χ1v) is 5.52. The molecule has 1 nitrogen and oxygen atoms in total. The predicted molar refractivity (Wildman–Crippen MR) is 55.4 cm³/mol. The Balaban J connectivity index is 2.60. The summed E-state index contributed by atoms with van der Waals surface area (Å²) in [5.41, 5.74) is 0. The second-order valence-corrected chi connectivity index (χ2v) is 5.11. The Labute approximate surface area is 84.0 Å². The second-order valence-electron chi connectivity index (χ2n) is 2.17. The molecule has 1 aromatic rings. The first kappa shape index (κ1) is 9.58. The van der Waals surface area contributed by atoms with E-state index in [1.165, 1.54) is 0 Å². The van der Waals surface area contributed by atoms with Gasteiger partial charge in [-0.15, -0.1) is 11.3 Å². The van der Waals surface area contributed by atoms with Gasteiger partial charge in [0.2, 0.25) is 0 Å². The molecule has 0 aliphatic rings. The summed E-state index contributed by atoms with van der Waals surface area (Å²) in [5, 5.41) is 9.47. The summed E-state index contributed by atoms with van der Waals surface area (Å²) in [6, 6.07) is 3.88. The summed E-state index contributed by atoms with van der Waals surface area (Å²) in [6.07, 6.45) is 0.375. The Morgan fingerprint density at radius 2 is 2.36 bits per heavy atom. The van der Waals surface area contributed by atoms with Gasteiger partial charge in [0.1, 0.15) is 0 Å². The molecule has 0 saturated carbocycles. The summed E-state index contributed by atoms with van der Waals surface area (Å²) in [7, 11) is 0. The number of hydrogen-bond acceptors (Lipinski definition) is 3. The third-order valence-electron chi connectivity index (χ3n) is 1.32. The zero-order valence-corrected chi connectivity index (χ0v) is 9.12. The van der Waals surface area contributed by atoms with Gasteiger partial charge in [-0.3, -0.25) is 0 Å². The minimum absolute atomic E-state index is 0.344. The summed E-state index contributed by atoms with van der Waals surface area (Å²) in [4.78, 5) is 1.01. The number of thiophene rings is 1. The zero-order valence-electron chi connectivity index (χ0n) is 5.83. The fourth-order valence-electron chi connectivity index (χ4n) is 0.772. The van der Waals surface area contributed by atoms with E-state index in [1.54, 1.807) is 11.3 Å². The van der Waals surface area contributed by atoms with Crippen LogP contribution in [0.25, 0.3) is 0 Å². The fourth-order valence-corrected chi connectivity index (χ4v) is 2.46. The van der Waals surface area contributed by atoms with Crippen LogP contribution in [0.3, 0.4) is 0 Å². The molecule has 0 saturated heterocycles. The second kappa shape index (κ2) is 4.50. The molecular weight excluding hydrogens is 244 g/mol. The lowest BCUT2D eigenvalue weighted by Crippen LogP contribution is -1.94. The lowest BCUT2D eigenvalue weighted by atomic mass is 10.2. The lowest BCUT2D eigenvalue weighted by molar-refractivity contribution is 0.179. The van der Waals surface area contributed by atoms with Crippen LogP contribution in [0, 0.1) is 0 Å². The average Bonchev–Trinajstić information content (AvgIpc) is 2.36. The van der Waals surface area contributed by atoms with Crippen LogP contribution in [0.2, 0.25) is 0 Å². The first-order chi connectivity index (χ1) is 5.24. The van der Waals surface area contributed by atoms with Gasteiger partial charge < -0.3 is 5.11 Å². The topological polar surface area (TPSA) is 20.2 Å². The Morgan fingerprint density at radius 3 is 2.82 bits per heavy atom. The number of aliphatic hydroxyl groups excluding tert-OH is 1. The Hall–Kier alpha value is 0.490. The average molecular weight is 253 g/mol. The van der Waals surface area contributed by atoms with E-state index in [0.717, 1.165) is 20.8 Å². The number of halogens is 1. The highest BCUT2D eigenvalue weighted by molar-refractivity contribution is 9.11. The fraction of sp³-hybridized carbons (Fsp3) is 0.429. The molecule has 11 heavy (non-hydrogen) atoms. The van der Waals surface area contributed by atoms with Crippen LogP contribution in [0.4, 0.5) is 0 Å². The molecule has 1 N–H and O–H groups in total. The molecule has 4 heteroatoms. The standard InChI is InChI=1S/C7H9BrOS2/c8-7-2-1-6(11-7)5(9)3-4-10/h1-2,5,9-10H,3-4H2. The van der Waals surface area contributed by atoms with Crippen LogP contribution >= 0.6 is 39.9 Å². The predicted octanol–water partition coefficient (Wildman–Crippen LogP) is 2.86. The van der Waals surface area contributed by atoms with Crippen molar-refractivity contribution in [2.24, 2.45) is 0 Å². The van der Waals surface area contributed by atoms with E-state index in [4.69, 9.17) is 0 Å². The van der Waals surface area contributed by atoms with E-state index >= 15 is 0 Å². The van der Waals surface area contributed by atoms with Gasteiger partial charge >= 0.3 is 0 Å². The van der Waals surface area contributed by atoms with Gasteiger partial charge in [0.25, 0.3) is 0 Å². The molecule has 0 bridgehead atoms. The molecule has 1 atom stereocenters. The highest BCUT2D eigenvalue weighted by atomic mass is 79.9. The normalized spacial score (nSPS) is 13.4. The summed E-state index contributed by atoms with van der Waals surface area (Å²) in [5.74, 6) is 0.719. The van der Waals surface area contributed by atoms with Crippen LogP contribution in [-0.4, -0.2) is 10.9 Å². The van der Waals surface area contributed by atoms with Crippen LogP contribution in [0.5, 0.6) is 0 Å². The Bertz CT molecular complexity index is 224. The highest BCUT2D eigenvalue weighted by Gasteiger charge is 2.07. The molecule has 0 amide bonds. The third kappa shape index (κ3) is 2.78. The molecule has 0 aromatic carbocycles. The smallest absolute Gasteiger partial charge is 0.0890 e. The number of hydrogen-bond donors (Lipinski definition) is 2. The molecule has 0 fully saturated rings. The molecule has 1 aromatic heterocycles. The molecule has 0 aliphatic carbocycles. The maximum Gasteiger partial charge on any atom is 0.0890 e. The third-order valence-corrected chi connectivity index (χ3v) is 3.31. The lowest BCUT2D eigenvalue weighted by Gasteiger charge is -2.04. The summed E-state index contributed by atoms with van der Waals surface area (Å²) >= 11 is 8.96. The van der Waals surface area contributed by atoms with E-state index in [2.05, 4.69) is 28.6 Å². The molecule has 1 heterocycles. The van der Waals surface area contributed by atoms with Crippen molar-refractivity contribution in [2.45, 2.75) is 12.5 Å². The molecule has 0 aliphatic heterocycles. The number of thiol groups is 1. The maximum atomic E-state index is 9.47. The largest absolute Gasteiger partial charge is 0.388 e. The Morgan fingerprint density at radius 1 is 1.64 bits per heavy atom. The molecule has 0 spiro atoms. The van der Waals surface area contributed by atoms with Crippen LogP contribution in [0.1, 0.15) is 17.4 Å². The van der Waals surface area contributed by atoms with Gasteiger partial charge in [-0.25, -0.2) is 0 Å². The minimum Gasteiger partial charge on any atom is -0.388 e. The van der Waals surface area contributed by atoms with Gasteiger partial charge in [-0.1, -0.05) is 0 Å². The summed E-state index contributed by atoms with van der Waals surface area (Å²) < 4.78 is 1.06. The van der Waals surface area contributed by atoms with Crippen molar-refractivity contribution in [1.82, 2.24) is 0 Å². The van der Waals surface area contributed by atoms with E-state index in [1.807, 2.05) is 12.1 Å². The van der Waals surface area contributed by atoms with Crippen LogP contribution in [-0.2, 0) is 0 Å². The monoisotopic (exact) mass is 252 g/mol. The van der Waals surface area contributed by atoms with E-state index in [-0.39, 0.29) is 6.10 Å². The molecule has 62 valence electrons. The quantitative estimate of drug-likeness (QED) is 0.794. The van der Waals surface area contributed by atoms with Gasteiger partial charge in [0.05, 0.1) is 9.89 Å². The summed E-state index contributed by atoms with van der Waals surface area (Å²) in [6.45, 7) is 0. The van der Waals surface area contributed by atoms with Crippen molar-refractivity contribution >= 4 is 39.9 Å². The van der Waals surface area contributed by atoms with Crippen LogP contribution in [0.15, 0.2) is 15.9 Å². The SMILES string of the molecule is OC(CCS)c1ccc(Br)s1. The van der Waals surface area contributed by atoms with Gasteiger partial charge in [0.15, 0.2) is 0 Å². The molecule has 1 unspecified atom stereocenters. The van der Waals surface area contributed by atoms with E-state index in [0.29, 0.717) is 0 Å².